The predicted octanol–water partition coefficient (Wildman–Crippen LogP) is 0.883. The van der Waals surface area contributed by atoms with Crippen LogP contribution in [0.5, 0.6) is 0 Å². The number of aromatic nitrogens is 2. The topological polar surface area (TPSA) is 36.3 Å². The molecule has 0 atom stereocenters. The third-order valence-corrected chi connectivity index (χ3v) is 4.67. The van der Waals surface area contributed by atoms with Crippen LogP contribution in [0.4, 0.5) is 0 Å². The molecule has 0 aromatic carbocycles. The molecule has 5 nitrogen and oxygen atoms in total. The fourth-order valence-electron chi connectivity index (χ4n) is 2.54. The number of aryl methyl sites for hydroxylation is 1. The van der Waals surface area contributed by atoms with Crippen molar-refractivity contribution in [2.45, 2.75) is 32.4 Å². The Balaban J connectivity index is 1.48. The van der Waals surface area contributed by atoms with Crippen molar-refractivity contribution in [3.63, 3.8) is 0 Å². The Morgan fingerprint density at radius 2 is 2.05 bits per heavy atom. The zero-order chi connectivity index (χ0) is 14.1. The first-order valence-electron chi connectivity index (χ1n) is 7.39. The van der Waals surface area contributed by atoms with Crippen molar-refractivity contribution in [1.82, 2.24) is 24.9 Å². The molecule has 0 spiro atoms. The lowest BCUT2D eigenvalue weighted by atomic mass is 10.2. The summed E-state index contributed by atoms with van der Waals surface area (Å²) in [6.07, 6.45) is 4.54. The van der Waals surface area contributed by atoms with Gasteiger partial charge in [-0.2, -0.15) is 5.10 Å². The van der Waals surface area contributed by atoms with Crippen molar-refractivity contribution >= 4 is 17.3 Å². The van der Waals surface area contributed by atoms with Gasteiger partial charge in [-0.05, 0) is 32.0 Å². The van der Waals surface area contributed by atoms with Gasteiger partial charge in [-0.1, -0.05) is 0 Å². The van der Waals surface area contributed by atoms with Gasteiger partial charge in [0, 0.05) is 57.1 Å². The van der Waals surface area contributed by atoms with Gasteiger partial charge in [0.15, 0.2) is 5.11 Å². The Kier molecular flexibility index (Phi) is 3.94. The third kappa shape index (κ3) is 3.12. The van der Waals surface area contributed by atoms with E-state index in [4.69, 9.17) is 12.2 Å². The third-order valence-electron chi connectivity index (χ3n) is 4.30. The second kappa shape index (κ2) is 5.69. The molecule has 0 radical (unpaired) electrons. The SMILES string of the molecule is Cc1c(CN2CCN(C(=S)NC3CC3)CC2)cnn1C. The van der Waals surface area contributed by atoms with E-state index in [1.54, 1.807) is 0 Å². The molecule has 2 aliphatic rings. The summed E-state index contributed by atoms with van der Waals surface area (Å²) in [7, 11) is 2.00. The highest BCUT2D eigenvalue weighted by atomic mass is 32.1. The van der Waals surface area contributed by atoms with Crippen LogP contribution in [0.2, 0.25) is 0 Å². The van der Waals surface area contributed by atoms with Gasteiger partial charge in [0.2, 0.25) is 0 Å². The quantitative estimate of drug-likeness (QED) is 0.838. The molecule has 6 heteroatoms. The van der Waals surface area contributed by atoms with Crippen LogP contribution >= 0.6 is 12.2 Å². The summed E-state index contributed by atoms with van der Waals surface area (Å²) in [5.74, 6) is 0. The lowest BCUT2D eigenvalue weighted by Gasteiger charge is -2.36. The molecule has 1 aromatic heterocycles. The average molecular weight is 293 g/mol. The molecule has 0 bridgehead atoms. The molecular formula is C14H23N5S. The van der Waals surface area contributed by atoms with E-state index in [9.17, 15) is 0 Å². The summed E-state index contributed by atoms with van der Waals surface area (Å²) in [6.45, 7) is 7.32. The van der Waals surface area contributed by atoms with Crippen LogP contribution in [-0.2, 0) is 13.6 Å². The second-order valence-corrected chi connectivity index (χ2v) is 6.25. The minimum atomic E-state index is 0.651. The highest BCUT2D eigenvalue weighted by molar-refractivity contribution is 7.80. The highest BCUT2D eigenvalue weighted by Gasteiger charge is 2.25. The molecule has 1 saturated heterocycles. The molecule has 1 aliphatic heterocycles. The molecule has 3 rings (SSSR count). The molecule has 110 valence electrons. The Bertz CT molecular complexity index is 486. The van der Waals surface area contributed by atoms with Crippen molar-refractivity contribution < 1.29 is 0 Å². The van der Waals surface area contributed by atoms with Crippen LogP contribution in [0.3, 0.4) is 0 Å². The van der Waals surface area contributed by atoms with Gasteiger partial charge in [0.05, 0.1) is 6.20 Å². The molecule has 1 aromatic rings. The molecular weight excluding hydrogens is 270 g/mol. The Morgan fingerprint density at radius 3 is 2.60 bits per heavy atom. The standard InChI is InChI=1S/C14H23N5S/c1-11-12(9-15-17(11)2)10-18-5-7-19(8-6-18)14(20)16-13-3-4-13/h9,13H,3-8,10H2,1-2H3,(H,16,20). The first-order chi connectivity index (χ1) is 9.63. The first kappa shape index (κ1) is 13.8. The normalized spacial score (nSPS) is 20.2. The number of piperazine rings is 1. The second-order valence-electron chi connectivity index (χ2n) is 5.87. The Labute approximate surface area is 125 Å². The highest BCUT2D eigenvalue weighted by Crippen LogP contribution is 2.19. The summed E-state index contributed by atoms with van der Waals surface area (Å²) in [6, 6.07) is 0.651. The van der Waals surface area contributed by atoms with Crippen molar-refractivity contribution in [3.8, 4) is 0 Å². The summed E-state index contributed by atoms with van der Waals surface area (Å²) in [5, 5.41) is 8.69. The minimum absolute atomic E-state index is 0.651. The molecule has 20 heavy (non-hydrogen) atoms. The maximum Gasteiger partial charge on any atom is 0.169 e. The van der Waals surface area contributed by atoms with E-state index in [0.29, 0.717) is 6.04 Å². The smallest absolute Gasteiger partial charge is 0.169 e. The van der Waals surface area contributed by atoms with E-state index in [0.717, 1.165) is 37.8 Å². The van der Waals surface area contributed by atoms with Crippen LogP contribution in [0.1, 0.15) is 24.1 Å². The van der Waals surface area contributed by atoms with Crippen LogP contribution in [0.25, 0.3) is 0 Å². The molecule has 2 fully saturated rings. The lowest BCUT2D eigenvalue weighted by Crippen LogP contribution is -2.51. The van der Waals surface area contributed by atoms with Gasteiger partial charge >= 0.3 is 0 Å². The van der Waals surface area contributed by atoms with Gasteiger partial charge in [0.25, 0.3) is 0 Å². The van der Waals surface area contributed by atoms with Crippen molar-refractivity contribution in [1.29, 1.82) is 0 Å². The first-order valence-corrected chi connectivity index (χ1v) is 7.79. The largest absolute Gasteiger partial charge is 0.360 e. The maximum absolute atomic E-state index is 5.47. The number of thiocarbonyl (C=S) groups is 1. The van der Waals surface area contributed by atoms with Crippen molar-refractivity contribution in [2.24, 2.45) is 7.05 Å². The van der Waals surface area contributed by atoms with E-state index in [2.05, 4.69) is 27.1 Å². The van der Waals surface area contributed by atoms with Gasteiger partial charge < -0.3 is 10.2 Å². The van der Waals surface area contributed by atoms with E-state index in [-0.39, 0.29) is 0 Å². The van der Waals surface area contributed by atoms with E-state index in [1.165, 1.54) is 24.1 Å². The Morgan fingerprint density at radius 1 is 1.35 bits per heavy atom. The number of hydrogen-bond donors (Lipinski definition) is 1. The van der Waals surface area contributed by atoms with Gasteiger partial charge in [-0.3, -0.25) is 9.58 Å². The zero-order valence-corrected chi connectivity index (χ0v) is 13.1. The molecule has 1 saturated carbocycles. The summed E-state index contributed by atoms with van der Waals surface area (Å²) in [5.41, 5.74) is 2.60. The van der Waals surface area contributed by atoms with Gasteiger partial charge in [0.1, 0.15) is 0 Å². The summed E-state index contributed by atoms with van der Waals surface area (Å²) >= 11 is 5.47. The zero-order valence-electron chi connectivity index (χ0n) is 12.3. The predicted molar refractivity (Wildman–Crippen MR) is 83.6 cm³/mol. The number of nitrogens with one attached hydrogen (secondary N) is 1. The average Bonchev–Trinajstić information content (AvgIpc) is 3.21. The van der Waals surface area contributed by atoms with E-state index < -0.39 is 0 Å². The maximum atomic E-state index is 5.47. The molecule has 2 heterocycles. The molecule has 0 amide bonds. The van der Waals surface area contributed by atoms with Crippen LogP contribution in [0.15, 0.2) is 6.20 Å². The van der Waals surface area contributed by atoms with Crippen LogP contribution in [-0.4, -0.2) is 56.9 Å². The Hall–Kier alpha value is -1.14. The van der Waals surface area contributed by atoms with E-state index >= 15 is 0 Å². The van der Waals surface area contributed by atoms with Crippen LogP contribution in [0, 0.1) is 6.92 Å². The van der Waals surface area contributed by atoms with Crippen molar-refractivity contribution in [3.05, 3.63) is 17.5 Å². The number of hydrogen-bond acceptors (Lipinski definition) is 3. The fourth-order valence-corrected chi connectivity index (χ4v) is 2.89. The molecule has 1 N–H and O–H groups in total. The van der Waals surface area contributed by atoms with Crippen LogP contribution < -0.4 is 5.32 Å². The van der Waals surface area contributed by atoms with Crippen molar-refractivity contribution in [2.75, 3.05) is 26.2 Å². The lowest BCUT2D eigenvalue weighted by molar-refractivity contribution is 0.174. The van der Waals surface area contributed by atoms with Gasteiger partial charge in [-0.15, -0.1) is 0 Å². The summed E-state index contributed by atoms with van der Waals surface area (Å²) < 4.78 is 1.94. The molecule has 0 unspecified atom stereocenters. The number of nitrogens with zero attached hydrogens (tertiary/aromatic N) is 4. The van der Waals surface area contributed by atoms with Gasteiger partial charge in [-0.25, -0.2) is 0 Å². The van der Waals surface area contributed by atoms with E-state index in [1.807, 2.05) is 17.9 Å². The number of rotatable bonds is 3. The molecule has 1 aliphatic carbocycles. The summed E-state index contributed by atoms with van der Waals surface area (Å²) in [4.78, 5) is 4.79. The fraction of sp³-hybridized carbons (Fsp3) is 0.714. The monoisotopic (exact) mass is 293 g/mol. The minimum Gasteiger partial charge on any atom is -0.360 e.